The van der Waals surface area contributed by atoms with E-state index in [1.165, 1.54) is 16.7 Å². The third kappa shape index (κ3) is 3.22. The lowest BCUT2D eigenvalue weighted by atomic mass is 9.99. The van der Waals surface area contributed by atoms with Gasteiger partial charge < -0.3 is 5.11 Å². The van der Waals surface area contributed by atoms with Crippen LogP contribution in [0.4, 0.5) is 0 Å². The molecule has 0 fully saturated rings. The van der Waals surface area contributed by atoms with Gasteiger partial charge in [0.15, 0.2) is 0 Å². The number of rotatable bonds is 5. The first-order chi connectivity index (χ1) is 9.85. The van der Waals surface area contributed by atoms with Gasteiger partial charge in [0, 0.05) is 18.8 Å². The minimum Gasteiger partial charge on any atom is -0.480 e. The van der Waals surface area contributed by atoms with E-state index < -0.39 is 11.5 Å². The van der Waals surface area contributed by atoms with Crippen LogP contribution in [0.3, 0.4) is 0 Å². The van der Waals surface area contributed by atoms with Gasteiger partial charge in [0.2, 0.25) is 0 Å². The topological polar surface area (TPSA) is 83.7 Å². The van der Waals surface area contributed by atoms with Gasteiger partial charge in [-0.3, -0.25) is 19.3 Å². The maximum absolute atomic E-state index is 12.0. The molecule has 0 aliphatic rings. The Labute approximate surface area is 126 Å². The van der Waals surface area contributed by atoms with Crippen molar-refractivity contribution in [1.82, 2.24) is 14.7 Å². The normalized spacial score (nSPS) is 14.0. The van der Waals surface area contributed by atoms with E-state index in [-0.39, 0.29) is 12.1 Å². The fraction of sp³-hybridized carbons (Fsp3) is 0.357. The zero-order chi connectivity index (χ0) is 15.6. The Morgan fingerprint density at radius 2 is 2.24 bits per heavy atom. The number of hydrogen-bond donors (Lipinski definition) is 2. The van der Waals surface area contributed by atoms with Gasteiger partial charge in [0.25, 0.3) is 5.56 Å². The Hall–Kier alpha value is -1.92. The fourth-order valence-corrected chi connectivity index (χ4v) is 2.01. The van der Waals surface area contributed by atoms with Gasteiger partial charge in [-0.25, -0.2) is 4.98 Å². The van der Waals surface area contributed by atoms with Crippen LogP contribution in [0, 0.1) is 0 Å². The first-order valence-electron chi connectivity index (χ1n) is 6.52. The maximum atomic E-state index is 12.0. The molecule has 0 bridgehead atoms. The Morgan fingerprint density at radius 3 is 2.86 bits per heavy atom. The molecule has 0 saturated carbocycles. The highest BCUT2D eigenvalue weighted by molar-refractivity contribution is 6.30. The second-order valence-electron chi connectivity index (χ2n) is 5.01. The van der Waals surface area contributed by atoms with E-state index >= 15 is 0 Å². The Morgan fingerprint density at radius 1 is 1.52 bits per heavy atom. The molecule has 112 valence electrons. The molecular weight excluding hydrogens is 294 g/mol. The minimum atomic E-state index is -1.05. The third-order valence-electron chi connectivity index (χ3n) is 3.52. The van der Waals surface area contributed by atoms with Crippen LogP contribution in [0.15, 0.2) is 29.2 Å². The zero-order valence-electron chi connectivity index (χ0n) is 11.8. The Bertz CT molecular complexity index is 744. The molecule has 0 radical (unpaired) electrons. The summed E-state index contributed by atoms with van der Waals surface area (Å²) in [6, 6.07) is 4.66. The first kappa shape index (κ1) is 15.5. The van der Waals surface area contributed by atoms with E-state index in [1.54, 1.807) is 26.0 Å². The summed E-state index contributed by atoms with van der Waals surface area (Å²) in [5.41, 5.74) is -0.347. The average Bonchev–Trinajstić information content (AvgIpc) is 2.45. The molecule has 0 aromatic carbocycles. The fourth-order valence-electron chi connectivity index (χ4n) is 1.85. The van der Waals surface area contributed by atoms with Crippen molar-refractivity contribution in [3.63, 3.8) is 0 Å². The van der Waals surface area contributed by atoms with Crippen molar-refractivity contribution in [2.45, 2.75) is 32.4 Å². The molecule has 0 aliphatic heterocycles. The molecule has 21 heavy (non-hydrogen) atoms. The standard InChI is InChI=1S/C14H16ClN3O3/c1-3-14(2,13(20)21)16-7-10-6-12(19)18-8-9(15)4-5-11(18)17-10/h4-6,8,16H,3,7H2,1-2H3,(H,20,21). The summed E-state index contributed by atoms with van der Waals surface area (Å²) in [6.45, 7) is 3.58. The number of carbonyl (C=O) groups is 1. The van der Waals surface area contributed by atoms with Gasteiger partial charge in [-0.1, -0.05) is 18.5 Å². The van der Waals surface area contributed by atoms with E-state index in [4.69, 9.17) is 11.6 Å². The lowest BCUT2D eigenvalue weighted by Gasteiger charge is -2.24. The molecule has 2 aromatic heterocycles. The van der Waals surface area contributed by atoms with Crippen LogP contribution in [-0.2, 0) is 11.3 Å². The molecule has 0 saturated heterocycles. The molecule has 2 aromatic rings. The lowest BCUT2D eigenvalue weighted by molar-refractivity contribution is -0.144. The number of nitrogens with zero attached hydrogens (tertiary/aromatic N) is 2. The molecule has 7 heteroatoms. The second kappa shape index (κ2) is 5.83. The smallest absolute Gasteiger partial charge is 0.323 e. The molecule has 0 spiro atoms. The quantitative estimate of drug-likeness (QED) is 0.878. The number of aliphatic carboxylic acids is 1. The highest BCUT2D eigenvalue weighted by Gasteiger charge is 2.30. The number of carboxylic acid groups (broad SMARTS) is 1. The summed E-state index contributed by atoms with van der Waals surface area (Å²) in [5, 5.41) is 12.6. The number of pyridine rings is 1. The molecule has 1 atom stereocenters. The first-order valence-corrected chi connectivity index (χ1v) is 6.90. The van der Waals surface area contributed by atoms with Crippen LogP contribution in [-0.4, -0.2) is 26.0 Å². The number of halogens is 1. The van der Waals surface area contributed by atoms with Crippen LogP contribution >= 0.6 is 11.6 Å². The van der Waals surface area contributed by atoms with Crippen LogP contribution in [0.2, 0.25) is 5.02 Å². The van der Waals surface area contributed by atoms with Crippen molar-refractivity contribution in [3.8, 4) is 0 Å². The van der Waals surface area contributed by atoms with Crippen molar-refractivity contribution in [3.05, 3.63) is 45.5 Å². The zero-order valence-corrected chi connectivity index (χ0v) is 12.5. The molecule has 2 rings (SSSR count). The molecule has 0 aliphatic carbocycles. The van der Waals surface area contributed by atoms with Gasteiger partial charge in [-0.05, 0) is 25.5 Å². The molecule has 1 unspecified atom stereocenters. The van der Waals surface area contributed by atoms with Crippen LogP contribution in [0.25, 0.3) is 5.65 Å². The van der Waals surface area contributed by atoms with Gasteiger partial charge in [0.05, 0.1) is 10.7 Å². The van der Waals surface area contributed by atoms with E-state index in [0.717, 1.165) is 0 Å². The molecule has 6 nitrogen and oxygen atoms in total. The van der Waals surface area contributed by atoms with Gasteiger partial charge >= 0.3 is 5.97 Å². The average molecular weight is 310 g/mol. The van der Waals surface area contributed by atoms with Crippen molar-refractivity contribution < 1.29 is 9.90 Å². The van der Waals surface area contributed by atoms with Crippen LogP contribution in [0.1, 0.15) is 26.0 Å². The van der Waals surface area contributed by atoms with Crippen LogP contribution < -0.4 is 10.9 Å². The minimum absolute atomic E-state index is 0.199. The van der Waals surface area contributed by atoms with E-state index in [0.29, 0.717) is 22.8 Å². The van der Waals surface area contributed by atoms with Crippen molar-refractivity contribution in [2.75, 3.05) is 0 Å². The van der Waals surface area contributed by atoms with Crippen molar-refractivity contribution in [1.29, 1.82) is 0 Å². The largest absolute Gasteiger partial charge is 0.480 e. The molecule has 0 amide bonds. The van der Waals surface area contributed by atoms with Gasteiger partial charge in [-0.2, -0.15) is 0 Å². The SMILES string of the molecule is CCC(C)(NCc1cc(=O)n2cc(Cl)ccc2n1)C(=O)O. The number of carboxylic acids is 1. The summed E-state index contributed by atoms with van der Waals surface area (Å²) < 4.78 is 1.35. The predicted molar refractivity (Wildman–Crippen MR) is 79.6 cm³/mol. The summed E-state index contributed by atoms with van der Waals surface area (Å²) in [6.07, 6.45) is 1.92. The number of fused-ring (bicyclic) bond motifs is 1. The highest BCUT2D eigenvalue weighted by atomic mass is 35.5. The van der Waals surface area contributed by atoms with Crippen molar-refractivity contribution in [2.24, 2.45) is 0 Å². The maximum Gasteiger partial charge on any atom is 0.323 e. The predicted octanol–water partition coefficient (Wildman–Crippen LogP) is 1.69. The summed E-state index contributed by atoms with van der Waals surface area (Å²) in [7, 11) is 0. The summed E-state index contributed by atoms with van der Waals surface area (Å²) in [4.78, 5) is 27.5. The summed E-state index contributed by atoms with van der Waals surface area (Å²) >= 11 is 5.84. The molecule has 2 N–H and O–H groups in total. The molecule has 2 heterocycles. The van der Waals surface area contributed by atoms with Crippen molar-refractivity contribution >= 4 is 23.2 Å². The number of hydrogen-bond acceptors (Lipinski definition) is 4. The number of aromatic nitrogens is 2. The van der Waals surface area contributed by atoms with Gasteiger partial charge in [-0.15, -0.1) is 0 Å². The Kier molecular flexibility index (Phi) is 4.29. The molecular formula is C14H16ClN3O3. The number of nitrogens with one attached hydrogen (secondary N) is 1. The lowest BCUT2D eigenvalue weighted by Crippen LogP contribution is -2.48. The monoisotopic (exact) mass is 309 g/mol. The highest BCUT2D eigenvalue weighted by Crippen LogP contribution is 2.11. The second-order valence-corrected chi connectivity index (χ2v) is 5.44. The third-order valence-corrected chi connectivity index (χ3v) is 3.74. The Balaban J connectivity index is 2.30. The van der Waals surface area contributed by atoms with E-state index in [1.807, 2.05) is 0 Å². The van der Waals surface area contributed by atoms with Crippen LogP contribution in [0.5, 0.6) is 0 Å². The van der Waals surface area contributed by atoms with E-state index in [2.05, 4.69) is 10.3 Å². The van der Waals surface area contributed by atoms with Gasteiger partial charge in [0.1, 0.15) is 11.2 Å². The summed E-state index contributed by atoms with van der Waals surface area (Å²) in [5.74, 6) is -0.936. The van der Waals surface area contributed by atoms with E-state index in [9.17, 15) is 14.7 Å².